The van der Waals surface area contributed by atoms with Crippen LogP contribution in [0.4, 0.5) is 4.39 Å². The topological polar surface area (TPSA) is 38.7 Å². The zero-order valence-corrected chi connectivity index (χ0v) is 12.7. The minimum atomic E-state index is -0.974. The van der Waals surface area contributed by atoms with Crippen molar-refractivity contribution in [1.29, 1.82) is 0 Å². The van der Waals surface area contributed by atoms with Crippen molar-refractivity contribution in [1.82, 2.24) is 0 Å². The summed E-state index contributed by atoms with van der Waals surface area (Å²) in [7, 11) is 3.07. The first-order valence-electron chi connectivity index (χ1n) is 6.33. The van der Waals surface area contributed by atoms with E-state index in [0.29, 0.717) is 22.6 Å². The Morgan fingerprint density at radius 1 is 1.05 bits per heavy atom. The van der Waals surface area contributed by atoms with Gasteiger partial charge in [0.15, 0.2) is 11.5 Å². The van der Waals surface area contributed by atoms with Crippen molar-refractivity contribution in [2.24, 2.45) is 0 Å². The van der Waals surface area contributed by atoms with Gasteiger partial charge in [0.05, 0.1) is 14.2 Å². The lowest BCUT2D eigenvalue weighted by Crippen LogP contribution is -2.04. The summed E-state index contributed by atoms with van der Waals surface area (Å²) in [5, 5.41) is 10.7. The summed E-state index contributed by atoms with van der Waals surface area (Å²) in [6.07, 6.45) is -0.974. The Balaban J connectivity index is 2.50. The number of benzene rings is 2. The predicted octanol–water partition coefficient (Wildman–Crippen LogP) is 3.89. The van der Waals surface area contributed by atoms with Gasteiger partial charge in [-0.05, 0) is 42.3 Å². The molecule has 21 heavy (non-hydrogen) atoms. The second-order valence-corrected chi connectivity index (χ2v) is 5.04. The molecule has 0 spiro atoms. The van der Waals surface area contributed by atoms with Gasteiger partial charge >= 0.3 is 0 Å². The summed E-state index contributed by atoms with van der Waals surface area (Å²) in [5.41, 5.74) is 1.88. The van der Waals surface area contributed by atoms with Gasteiger partial charge in [0.1, 0.15) is 11.9 Å². The molecule has 0 radical (unpaired) electrons. The van der Waals surface area contributed by atoms with E-state index in [0.717, 1.165) is 5.56 Å². The van der Waals surface area contributed by atoms with E-state index in [4.69, 9.17) is 21.1 Å². The SMILES string of the molecule is COc1cc(C)c(C(O)c2ccc(F)cc2Cl)cc1OC. The van der Waals surface area contributed by atoms with Crippen LogP contribution in [0, 0.1) is 12.7 Å². The Labute approximate surface area is 127 Å². The number of methoxy groups -OCH3 is 2. The molecule has 0 amide bonds. The van der Waals surface area contributed by atoms with Crippen molar-refractivity contribution >= 4 is 11.6 Å². The molecule has 112 valence electrons. The quantitative estimate of drug-likeness (QED) is 0.931. The van der Waals surface area contributed by atoms with E-state index in [1.165, 1.54) is 25.3 Å². The normalized spacial score (nSPS) is 12.1. The molecule has 1 atom stereocenters. The average molecular weight is 311 g/mol. The van der Waals surface area contributed by atoms with Gasteiger partial charge in [0, 0.05) is 10.6 Å². The molecule has 0 aromatic heterocycles. The fourth-order valence-electron chi connectivity index (χ4n) is 2.18. The first kappa shape index (κ1) is 15.6. The summed E-state index contributed by atoms with van der Waals surface area (Å²) in [6.45, 7) is 1.85. The van der Waals surface area contributed by atoms with Crippen molar-refractivity contribution in [3.05, 3.63) is 57.9 Å². The molecule has 0 aliphatic rings. The van der Waals surface area contributed by atoms with Crippen LogP contribution < -0.4 is 9.47 Å². The molecule has 5 heteroatoms. The first-order valence-corrected chi connectivity index (χ1v) is 6.71. The summed E-state index contributed by atoms with van der Waals surface area (Å²) >= 11 is 6.00. The second-order valence-electron chi connectivity index (χ2n) is 4.63. The number of ether oxygens (including phenoxy) is 2. The van der Waals surface area contributed by atoms with Crippen LogP contribution in [-0.2, 0) is 0 Å². The Hall–Kier alpha value is -1.78. The molecular formula is C16H16ClFO3. The van der Waals surface area contributed by atoms with Crippen LogP contribution in [0.5, 0.6) is 11.5 Å². The first-order chi connectivity index (χ1) is 9.97. The minimum absolute atomic E-state index is 0.177. The van der Waals surface area contributed by atoms with E-state index in [1.807, 2.05) is 6.92 Å². The van der Waals surface area contributed by atoms with E-state index in [9.17, 15) is 9.50 Å². The number of rotatable bonds is 4. The van der Waals surface area contributed by atoms with Crippen molar-refractivity contribution < 1.29 is 19.0 Å². The molecule has 1 unspecified atom stereocenters. The van der Waals surface area contributed by atoms with Crippen LogP contribution in [0.25, 0.3) is 0 Å². The average Bonchev–Trinajstić information content (AvgIpc) is 2.46. The third-order valence-corrected chi connectivity index (χ3v) is 3.65. The van der Waals surface area contributed by atoms with E-state index in [1.54, 1.807) is 19.2 Å². The number of aryl methyl sites for hydroxylation is 1. The summed E-state index contributed by atoms with van der Waals surface area (Å²) in [6, 6.07) is 7.38. The number of halogens is 2. The van der Waals surface area contributed by atoms with Gasteiger partial charge in [-0.3, -0.25) is 0 Å². The van der Waals surface area contributed by atoms with Crippen molar-refractivity contribution in [2.45, 2.75) is 13.0 Å². The molecule has 3 nitrogen and oxygen atoms in total. The lowest BCUT2D eigenvalue weighted by Gasteiger charge is -2.18. The molecule has 2 rings (SSSR count). The van der Waals surface area contributed by atoms with Crippen molar-refractivity contribution in [2.75, 3.05) is 14.2 Å². The van der Waals surface area contributed by atoms with Gasteiger partial charge in [0.2, 0.25) is 0 Å². The van der Waals surface area contributed by atoms with Gasteiger partial charge in [0.25, 0.3) is 0 Å². The fraction of sp³-hybridized carbons (Fsp3) is 0.250. The van der Waals surface area contributed by atoms with Gasteiger partial charge in [-0.1, -0.05) is 17.7 Å². The predicted molar refractivity (Wildman–Crippen MR) is 79.8 cm³/mol. The van der Waals surface area contributed by atoms with E-state index < -0.39 is 11.9 Å². The molecule has 2 aromatic rings. The van der Waals surface area contributed by atoms with Crippen LogP contribution in [0.15, 0.2) is 30.3 Å². The highest BCUT2D eigenvalue weighted by Gasteiger charge is 2.19. The Bertz CT molecular complexity index is 658. The monoisotopic (exact) mass is 310 g/mol. The molecule has 0 fully saturated rings. The lowest BCUT2D eigenvalue weighted by molar-refractivity contribution is 0.218. The lowest BCUT2D eigenvalue weighted by atomic mass is 9.96. The van der Waals surface area contributed by atoms with Gasteiger partial charge in [-0.2, -0.15) is 0 Å². The summed E-state index contributed by atoms with van der Waals surface area (Å²) in [5.74, 6) is 0.645. The van der Waals surface area contributed by atoms with Crippen molar-refractivity contribution in [3.8, 4) is 11.5 Å². The molecule has 1 N–H and O–H groups in total. The van der Waals surface area contributed by atoms with E-state index in [2.05, 4.69) is 0 Å². The van der Waals surface area contributed by atoms with Crippen LogP contribution in [0.1, 0.15) is 22.8 Å². The van der Waals surface area contributed by atoms with Crippen molar-refractivity contribution in [3.63, 3.8) is 0 Å². The van der Waals surface area contributed by atoms with Gasteiger partial charge in [-0.25, -0.2) is 4.39 Å². The number of hydrogen-bond acceptors (Lipinski definition) is 3. The van der Waals surface area contributed by atoms with Crippen LogP contribution in [0.3, 0.4) is 0 Å². The third-order valence-electron chi connectivity index (χ3n) is 3.32. The van der Waals surface area contributed by atoms with E-state index >= 15 is 0 Å². The van der Waals surface area contributed by atoms with Crippen LogP contribution in [0.2, 0.25) is 5.02 Å². The molecule has 0 aliphatic heterocycles. The molecule has 0 saturated heterocycles. The maximum atomic E-state index is 13.1. The maximum absolute atomic E-state index is 13.1. The highest BCUT2D eigenvalue weighted by atomic mass is 35.5. The number of aliphatic hydroxyl groups is 1. The Morgan fingerprint density at radius 3 is 2.24 bits per heavy atom. The maximum Gasteiger partial charge on any atom is 0.161 e. The zero-order chi connectivity index (χ0) is 15.6. The highest BCUT2D eigenvalue weighted by Crippen LogP contribution is 2.36. The Morgan fingerprint density at radius 2 is 1.67 bits per heavy atom. The molecule has 0 aliphatic carbocycles. The number of hydrogen-bond donors (Lipinski definition) is 1. The molecule has 0 heterocycles. The summed E-state index contributed by atoms with van der Waals surface area (Å²) in [4.78, 5) is 0. The standard InChI is InChI=1S/C16H16ClFO3/c1-9-6-14(20-2)15(21-3)8-12(9)16(19)11-5-4-10(18)7-13(11)17/h4-8,16,19H,1-3H3. The van der Waals surface area contributed by atoms with E-state index in [-0.39, 0.29) is 5.02 Å². The second kappa shape index (κ2) is 6.33. The third kappa shape index (κ3) is 3.12. The fourth-order valence-corrected chi connectivity index (χ4v) is 2.45. The zero-order valence-electron chi connectivity index (χ0n) is 12.0. The summed E-state index contributed by atoms with van der Waals surface area (Å²) < 4.78 is 23.6. The van der Waals surface area contributed by atoms with Crippen LogP contribution in [-0.4, -0.2) is 19.3 Å². The highest BCUT2D eigenvalue weighted by molar-refractivity contribution is 6.31. The molecule has 0 saturated carbocycles. The number of aliphatic hydroxyl groups excluding tert-OH is 1. The van der Waals surface area contributed by atoms with Gasteiger partial charge < -0.3 is 14.6 Å². The molecular weight excluding hydrogens is 295 g/mol. The minimum Gasteiger partial charge on any atom is -0.493 e. The smallest absolute Gasteiger partial charge is 0.161 e. The van der Waals surface area contributed by atoms with Gasteiger partial charge in [-0.15, -0.1) is 0 Å². The molecule has 2 aromatic carbocycles. The Kier molecular flexibility index (Phi) is 4.70. The largest absolute Gasteiger partial charge is 0.493 e. The van der Waals surface area contributed by atoms with Crippen LogP contribution >= 0.6 is 11.6 Å². The molecule has 0 bridgehead atoms.